The summed E-state index contributed by atoms with van der Waals surface area (Å²) in [5.41, 5.74) is 42.4. The number of hydrogen-bond donors (Lipinski definition) is 15. The van der Waals surface area contributed by atoms with Crippen molar-refractivity contribution in [3.05, 3.63) is 154 Å². The second-order valence-electron chi connectivity index (χ2n) is 34.8. The number of rotatable bonds is 17. The summed E-state index contributed by atoms with van der Waals surface area (Å²) in [6, 6.07) is 29.4. The Balaban J connectivity index is 0.000000108. The number of halogens is 4. The third-order valence-electron chi connectivity index (χ3n) is 26.5. The van der Waals surface area contributed by atoms with Crippen molar-refractivity contribution in [2.24, 2.45) is 40.4 Å². The van der Waals surface area contributed by atoms with Crippen molar-refractivity contribution >= 4 is 180 Å². The van der Waals surface area contributed by atoms with Gasteiger partial charge in [0, 0.05) is 151 Å². The Kier molecular flexibility index (Phi) is 22.7. The largest absolute Gasteiger partial charge is 0.423 e. The number of H-pyrrole nitrogens is 4. The number of nitrogens with two attached hydrogens (primary N) is 5. The van der Waals surface area contributed by atoms with E-state index >= 15 is 0 Å². The van der Waals surface area contributed by atoms with Gasteiger partial charge in [0.25, 0.3) is 0 Å². The van der Waals surface area contributed by atoms with Gasteiger partial charge in [-0.3, -0.25) is 9.97 Å². The Morgan fingerprint density at radius 1 is 0.469 bits per heavy atom. The first kappa shape index (κ1) is 85.0. The second-order valence-corrected chi connectivity index (χ2v) is 36.1. The fraction of sp³-hybridized carbons (Fsp3) is 0.348. The van der Waals surface area contributed by atoms with E-state index in [-0.39, 0.29) is 53.4 Å². The van der Waals surface area contributed by atoms with Gasteiger partial charge >= 0.3 is 24.0 Å². The van der Waals surface area contributed by atoms with E-state index in [2.05, 4.69) is 101 Å². The molecule has 7 aliphatic rings. The molecule has 0 bridgehead atoms. The van der Waals surface area contributed by atoms with Crippen molar-refractivity contribution < 1.29 is 23.3 Å². The third kappa shape index (κ3) is 16.4. The van der Waals surface area contributed by atoms with Crippen molar-refractivity contribution in [2.75, 3.05) is 127 Å². The highest BCUT2D eigenvalue weighted by Gasteiger charge is 2.56. The number of anilines is 10. The fourth-order valence-corrected chi connectivity index (χ4v) is 20.1. The average molecular weight is 1820 g/mol. The Morgan fingerprint density at radius 3 is 1.35 bits per heavy atom. The van der Waals surface area contributed by atoms with Crippen molar-refractivity contribution in [1.29, 1.82) is 0 Å². The van der Waals surface area contributed by atoms with E-state index in [4.69, 9.17) is 107 Å². The van der Waals surface area contributed by atoms with Crippen LogP contribution in [0.2, 0.25) is 15.1 Å². The van der Waals surface area contributed by atoms with Gasteiger partial charge in [-0.15, -0.1) is 0 Å². The summed E-state index contributed by atoms with van der Waals surface area (Å²) in [7, 11) is 7.38. The lowest BCUT2D eigenvalue weighted by Gasteiger charge is -2.36. The van der Waals surface area contributed by atoms with Gasteiger partial charge in [0.05, 0.1) is 91.1 Å². The topological polar surface area (TPSA) is 467 Å². The van der Waals surface area contributed by atoms with Crippen LogP contribution in [0.3, 0.4) is 0 Å². The number of benzene rings is 4. The van der Waals surface area contributed by atoms with Gasteiger partial charge in [0.15, 0.2) is 0 Å². The normalized spacial score (nSPS) is 20.8. The van der Waals surface area contributed by atoms with Gasteiger partial charge in [-0.2, -0.15) is 39.9 Å². The molecule has 130 heavy (non-hydrogen) atoms. The molecule has 3 aliphatic carbocycles. The summed E-state index contributed by atoms with van der Waals surface area (Å²) in [6.07, 6.45) is 16.2. The van der Waals surface area contributed by atoms with Gasteiger partial charge in [0.2, 0.25) is 0 Å². The van der Waals surface area contributed by atoms with Crippen LogP contribution in [0.25, 0.3) is 87.7 Å². The molecule has 23 rings (SSSR count). The van der Waals surface area contributed by atoms with E-state index in [1.807, 2.05) is 95.7 Å². The Bertz CT molecular complexity index is 6820. The smallest absolute Gasteiger partial charge is 0.326 e. The number of ether oxygens (including phenoxy) is 4. The fourth-order valence-electron chi connectivity index (χ4n) is 19.5. The molecule has 4 aromatic carbocycles. The molecule has 4 saturated heterocycles. The standard InChI is InChI=1S/C24H26ClN7O.C24H28FN7O.2C22H23ClN8O/c1-13-5-6-16(10-28-13)33-24-30-22-20(17-8-15(25)9-18(26-2)21(17)29-22)23(31-24)32-11-14-4-3-7-27-19(14)12-32;1-12-8-9-14(11-28-12)33-24-31-22(29-17-7-5-4-6-16(17)26)20-19-13(2)15(25)10-18(27-3)21(19)30-23(20)32-24;1-26-16-6-11(23)5-13-18-20(28-19(13)16)29-22(32-12-2-3-17(25)27-7-12)30-21(18)31-8-10-4-15(24)14(10)9-31;1-26-14-7-11(23)6-13-17-19(28-18(13)14)29-21(32-12-2-3-16(25)27-9-12)30-20(17)31-5-4-22(10-31)8-15(22)24/h5-6,8-10,14,19,26-27H,3-4,7,11-12H2,1-2H3,(H,29,30,31);8-11,16-17,27H,4-7,26H2,1-3H3,(H2,29,30,31,32);2-3,5-7,10,14-15,26H,4,8-9,24H2,1H3,(H2,25,27)(H,28,29,30);2-3,6-7,9,15,26H,4-5,8,10,24H2,1H3,(H2,25,27)(H,28,29,30)/t14-,19+;16-,17?;10-,14?,15-;15-,22-/m1000/s1. The monoisotopic (exact) mass is 1810 g/mol. The molecule has 9 atom stereocenters. The van der Waals surface area contributed by atoms with Crippen LogP contribution < -0.4 is 94.2 Å². The SMILES string of the molecule is CNc1cc(Cl)cc2c1[nH]c1nc(Oc3ccc(C)nc3)nc(N3C[C@H]4CCCN[C@H]4C3)c12.CNc1cc(Cl)cc2c1[nH]c1nc(Oc3ccc(N)nc3)nc(N3CC4[C@@H](C[C@@H]4N)C3)c12.CNc1cc(Cl)cc2c1[nH]c1nc(Oc3ccc(N)nc3)nc(N3CC[C@]4(C[C@@H]4N)C3)c12.CNc1cc(F)c(C)c2c1[nH]c1nc(Oc3ccc(C)nc3)nc(NC3CCCC[C@@H]3N)c12. The molecule has 2 unspecified atom stereocenters. The molecule has 16 heterocycles. The summed E-state index contributed by atoms with van der Waals surface area (Å²) >= 11 is 19.3. The van der Waals surface area contributed by atoms with E-state index < -0.39 is 0 Å². The minimum atomic E-state index is -0.292. The molecule has 34 nitrogen and oxygen atoms in total. The average Bonchev–Trinajstić information content (AvgIpc) is 1.57. The van der Waals surface area contributed by atoms with Crippen LogP contribution in [0.5, 0.6) is 47.0 Å². The van der Waals surface area contributed by atoms with Crippen LogP contribution in [-0.4, -0.2) is 184 Å². The van der Waals surface area contributed by atoms with E-state index in [0.29, 0.717) is 114 Å². The van der Waals surface area contributed by atoms with Crippen molar-refractivity contribution in [3.63, 3.8) is 0 Å². The van der Waals surface area contributed by atoms with E-state index in [0.717, 1.165) is 207 Å². The number of piperidine rings is 1. The van der Waals surface area contributed by atoms with Gasteiger partial charge in [0.1, 0.15) is 86.3 Å². The summed E-state index contributed by atoms with van der Waals surface area (Å²) < 4.78 is 38.7. The number of nitrogens with zero attached hydrogens (tertiary/aromatic N) is 15. The molecule has 16 aromatic rings. The van der Waals surface area contributed by atoms with Gasteiger partial charge in [-0.1, -0.05) is 47.6 Å². The van der Waals surface area contributed by atoms with Crippen LogP contribution in [-0.2, 0) is 0 Å². The maximum Gasteiger partial charge on any atom is 0.326 e. The maximum atomic E-state index is 14.8. The molecule has 0 amide bonds. The molecule has 1 spiro atoms. The Morgan fingerprint density at radius 2 is 0.915 bits per heavy atom. The highest BCUT2D eigenvalue weighted by molar-refractivity contribution is 6.34. The van der Waals surface area contributed by atoms with Gasteiger partial charge < -0.3 is 114 Å². The number of pyridine rings is 4. The summed E-state index contributed by atoms with van der Waals surface area (Å²) in [4.78, 5) is 75.4. The number of nitrogen functional groups attached to an aromatic ring is 2. The summed E-state index contributed by atoms with van der Waals surface area (Å²) in [5.74, 6) is 7.55. The lowest BCUT2D eigenvalue weighted by Crippen LogP contribution is -2.46. The predicted octanol–water partition coefficient (Wildman–Crippen LogP) is 16.1. The van der Waals surface area contributed by atoms with E-state index in [1.54, 1.807) is 63.0 Å². The first-order chi connectivity index (χ1) is 63.0. The van der Waals surface area contributed by atoms with Crippen LogP contribution in [0.15, 0.2) is 116 Å². The van der Waals surface area contributed by atoms with Crippen molar-refractivity contribution in [3.8, 4) is 47.0 Å². The number of aromatic amines is 4. The molecule has 670 valence electrons. The Hall–Kier alpha value is -13.2. The lowest BCUT2D eigenvalue weighted by molar-refractivity contribution is 0.194. The number of aromatic nitrogens is 16. The van der Waals surface area contributed by atoms with Crippen molar-refractivity contribution in [2.45, 2.75) is 109 Å². The summed E-state index contributed by atoms with van der Waals surface area (Å²) in [6.45, 7) is 12.1. The van der Waals surface area contributed by atoms with Crippen LogP contribution in [0.4, 0.5) is 62.0 Å². The zero-order chi connectivity index (χ0) is 89.7. The molecule has 7 fully saturated rings. The molecule has 4 aliphatic heterocycles. The van der Waals surface area contributed by atoms with Gasteiger partial charge in [-0.25, -0.2) is 14.4 Å². The predicted molar refractivity (Wildman–Crippen MR) is 513 cm³/mol. The molecule has 0 radical (unpaired) electrons. The molecule has 20 N–H and O–H groups in total. The molecule has 12 aromatic heterocycles. The maximum absolute atomic E-state index is 14.8. The minimum absolute atomic E-state index is 0.0188. The minimum Gasteiger partial charge on any atom is -0.423 e. The summed E-state index contributed by atoms with van der Waals surface area (Å²) in [5, 5.41) is 29.1. The van der Waals surface area contributed by atoms with Crippen LogP contribution >= 0.6 is 34.8 Å². The zero-order valence-electron chi connectivity index (χ0n) is 72.6. The number of nitrogens with one attached hydrogen (secondary N) is 10. The Labute approximate surface area is 760 Å². The highest BCUT2D eigenvalue weighted by Crippen LogP contribution is 2.54. The van der Waals surface area contributed by atoms with Crippen LogP contribution in [0.1, 0.15) is 74.7 Å². The lowest BCUT2D eigenvalue weighted by atomic mass is 9.72. The molecular weight excluding hydrogens is 1710 g/mol. The number of aryl methyl sites for hydroxylation is 3. The number of fused-ring (bicyclic) bond motifs is 14. The zero-order valence-corrected chi connectivity index (χ0v) is 74.9. The third-order valence-corrected chi connectivity index (χ3v) is 27.1. The highest BCUT2D eigenvalue weighted by atomic mass is 35.5. The second kappa shape index (κ2) is 34.7. The first-order valence-electron chi connectivity index (χ1n) is 43.8. The first-order valence-corrected chi connectivity index (χ1v) is 45.0. The van der Waals surface area contributed by atoms with Crippen LogP contribution in [0, 0.1) is 49.8 Å². The number of hydrogen-bond acceptors (Lipinski definition) is 30. The quantitative estimate of drug-likeness (QED) is 0.0402. The van der Waals surface area contributed by atoms with Gasteiger partial charge in [-0.05, 0) is 187 Å². The molecule has 3 saturated carbocycles. The molecule has 38 heteroatoms. The molecular formula is C92H100Cl3FN30O4. The van der Waals surface area contributed by atoms with E-state index in [1.165, 1.54) is 18.9 Å². The van der Waals surface area contributed by atoms with E-state index in [9.17, 15) is 4.39 Å². The van der Waals surface area contributed by atoms with Crippen molar-refractivity contribution in [1.82, 2.24) is 85.1 Å².